The summed E-state index contributed by atoms with van der Waals surface area (Å²) in [6.07, 6.45) is 5.86. The number of hydrogen-bond acceptors (Lipinski definition) is 4. The zero-order chi connectivity index (χ0) is 13.5. The van der Waals surface area contributed by atoms with Crippen LogP contribution in [0.25, 0.3) is 6.20 Å². The number of hydrogen-bond donors (Lipinski definition) is 1. The molecule has 0 atom stereocenters. The van der Waals surface area contributed by atoms with Crippen LogP contribution in [0.2, 0.25) is 0 Å². The molecule has 1 aromatic rings. The number of nitrogens with one attached hydrogen (secondary N) is 1. The predicted molar refractivity (Wildman–Crippen MR) is 72.3 cm³/mol. The maximum absolute atomic E-state index is 11.9. The first kappa shape index (κ1) is 13.8. The second-order valence-electron chi connectivity index (χ2n) is 4.43. The normalized spacial score (nSPS) is 15.5. The molecule has 1 aliphatic rings. The molecule has 0 spiro atoms. The first-order valence-electron chi connectivity index (χ1n) is 6.51. The van der Waals surface area contributed by atoms with E-state index in [0.29, 0.717) is 45.8 Å². The van der Waals surface area contributed by atoms with Gasteiger partial charge in [0.05, 0.1) is 19.4 Å². The molecule has 6 heteroatoms. The standard InChI is InChI=1S/C13H20N4O2/c1-2-17-11-12(10-15-17)9-14-4-3-13(18)16-5-7-19-8-6-16/h2,10-11,14H,1,3-9H2. The van der Waals surface area contributed by atoms with E-state index in [2.05, 4.69) is 17.0 Å². The van der Waals surface area contributed by atoms with Crippen molar-refractivity contribution in [2.24, 2.45) is 0 Å². The van der Waals surface area contributed by atoms with Gasteiger partial charge in [-0.1, -0.05) is 6.58 Å². The van der Waals surface area contributed by atoms with Gasteiger partial charge >= 0.3 is 0 Å². The molecular weight excluding hydrogens is 244 g/mol. The zero-order valence-electron chi connectivity index (χ0n) is 11.0. The third-order valence-electron chi connectivity index (χ3n) is 3.05. The predicted octanol–water partition coefficient (Wildman–Crippen LogP) is 0.322. The monoisotopic (exact) mass is 264 g/mol. The van der Waals surface area contributed by atoms with Crippen molar-refractivity contribution in [1.29, 1.82) is 0 Å². The Morgan fingerprint density at radius 2 is 2.32 bits per heavy atom. The fourth-order valence-electron chi connectivity index (χ4n) is 1.97. The molecule has 0 aliphatic carbocycles. The Hall–Kier alpha value is -1.66. The summed E-state index contributed by atoms with van der Waals surface area (Å²) in [6.45, 7) is 7.76. The first-order valence-corrected chi connectivity index (χ1v) is 6.51. The Balaban J connectivity index is 1.63. The van der Waals surface area contributed by atoms with Crippen molar-refractivity contribution in [1.82, 2.24) is 20.0 Å². The van der Waals surface area contributed by atoms with Crippen molar-refractivity contribution < 1.29 is 9.53 Å². The van der Waals surface area contributed by atoms with E-state index in [-0.39, 0.29) is 5.91 Å². The molecule has 1 amide bonds. The van der Waals surface area contributed by atoms with E-state index < -0.39 is 0 Å². The number of nitrogens with zero attached hydrogens (tertiary/aromatic N) is 3. The number of carbonyl (C=O) groups excluding carboxylic acids is 1. The summed E-state index contributed by atoms with van der Waals surface area (Å²) in [6, 6.07) is 0. The summed E-state index contributed by atoms with van der Waals surface area (Å²) in [5, 5.41) is 7.33. The van der Waals surface area contributed by atoms with Crippen LogP contribution in [-0.4, -0.2) is 53.4 Å². The molecule has 0 radical (unpaired) electrons. The van der Waals surface area contributed by atoms with Crippen molar-refractivity contribution in [3.63, 3.8) is 0 Å². The van der Waals surface area contributed by atoms with Crippen molar-refractivity contribution in [2.45, 2.75) is 13.0 Å². The number of aromatic nitrogens is 2. The van der Waals surface area contributed by atoms with Crippen LogP contribution in [0, 0.1) is 0 Å². The molecule has 0 saturated carbocycles. The summed E-state index contributed by atoms with van der Waals surface area (Å²) in [5.74, 6) is 0.192. The molecule has 19 heavy (non-hydrogen) atoms. The molecule has 0 unspecified atom stereocenters. The molecule has 104 valence electrons. The molecule has 1 aliphatic heterocycles. The van der Waals surface area contributed by atoms with Gasteiger partial charge in [-0.3, -0.25) is 4.79 Å². The van der Waals surface area contributed by atoms with Gasteiger partial charge in [0.2, 0.25) is 5.91 Å². The lowest BCUT2D eigenvalue weighted by Crippen LogP contribution is -2.41. The number of morpholine rings is 1. The van der Waals surface area contributed by atoms with Crippen molar-refractivity contribution in [2.75, 3.05) is 32.8 Å². The van der Waals surface area contributed by atoms with E-state index in [9.17, 15) is 4.79 Å². The third kappa shape index (κ3) is 4.18. The van der Waals surface area contributed by atoms with Crippen LogP contribution in [0.4, 0.5) is 0 Å². The smallest absolute Gasteiger partial charge is 0.224 e. The van der Waals surface area contributed by atoms with E-state index in [1.807, 2.05) is 11.1 Å². The van der Waals surface area contributed by atoms with Crippen LogP contribution in [0.1, 0.15) is 12.0 Å². The van der Waals surface area contributed by atoms with Gasteiger partial charge in [0.15, 0.2) is 0 Å². The highest BCUT2D eigenvalue weighted by molar-refractivity contribution is 5.76. The average molecular weight is 264 g/mol. The number of carbonyl (C=O) groups is 1. The molecule has 2 rings (SSSR count). The van der Waals surface area contributed by atoms with E-state index in [1.54, 1.807) is 17.1 Å². The highest BCUT2D eigenvalue weighted by Crippen LogP contribution is 2.00. The van der Waals surface area contributed by atoms with Crippen LogP contribution in [-0.2, 0) is 16.1 Å². The SMILES string of the molecule is C=Cn1cc(CNCCC(=O)N2CCOCC2)cn1. The largest absolute Gasteiger partial charge is 0.378 e. The lowest BCUT2D eigenvalue weighted by atomic mass is 10.3. The van der Waals surface area contributed by atoms with Crippen molar-refractivity contribution >= 4 is 12.1 Å². The maximum Gasteiger partial charge on any atom is 0.224 e. The van der Waals surface area contributed by atoms with E-state index >= 15 is 0 Å². The lowest BCUT2D eigenvalue weighted by molar-refractivity contribution is -0.135. The maximum atomic E-state index is 11.9. The topological polar surface area (TPSA) is 59.4 Å². The lowest BCUT2D eigenvalue weighted by Gasteiger charge is -2.26. The molecule has 1 fully saturated rings. The molecule has 6 nitrogen and oxygen atoms in total. The van der Waals surface area contributed by atoms with Crippen LogP contribution >= 0.6 is 0 Å². The fraction of sp³-hybridized carbons (Fsp3) is 0.538. The second kappa shape index (κ2) is 7.06. The number of ether oxygens (including phenoxy) is 1. The molecule has 0 aromatic carbocycles. The Morgan fingerprint density at radius 3 is 3.00 bits per heavy atom. The molecule has 1 saturated heterocycles. The summed E-state index contributed by atoms with van der Waals surface area (Å²) < 4.78 is 6.88. The second-order valence-corrected chi connectivity index (χ2v) is 4.43. The molecule has 1 aromatic heterocycles. The minimum absolute atomic E-state index is 0.192. The average Bonchev–Trinajstić information content (AvgIpc) is 2.92. The van der Waals surface area contributed by atoms with Gasteiger partial charge in [-0.25, -0.2) is 4.68 Å². The molecule has 0 bridgehead atoms. The van der Waals surface area contributed by atoms with E-state index in [4.69, 9.17) is 4.74 Å². The van der Waals surface area contributed by atoms with Crippen LogP contribution in [0.15, 0.2) is 19.0 Å². The summed E-state index contributed by atoms with van der Waals surface area (Å²) >= 11 is 0. The van der Waals surface area contributed by atoms with E-state index in [1.165, 1.54) is 0 Å². The molecule has 2 heterocycles. The van der Waals surface area contributed by atoms with Gasteiger partial charge in [0, 0.05) is 50.6 Å². The third-order valence-corrected chi connectivity index (χ3v) is 3.05. The Labute approximate surface area is 113 Å². The van der Waals surface area contributed by atoms with Crippen molar-refractivity contribution in [3.05, 3.63) is 24.5 Å². The highest BCUT2D eigenvalue weighted by atomic mass is 16.5. The minimum Gasteiger partial charge on any atom is -0.378 e. The minimum atomic E-state index is 0.192. The summed E-state index contributed by atoms with van der Waals surface area (Å²) in [5.41, 5.74) is 1.08. The van der Waals surface area contributed by atoms with Gasteiger partial charge in [-0.15, -0.1) is 0 Å². The van der Waals surface area contributed by atoms with Crippen molar-refractivity contribution in [3.8, 4) is 0 Å². The first-order chi connectivity index (χ1) is 9.29. The Bertz CT molecular complexity index is 424. The van der Waals surface area contributed by atoms with Gasteiger partial charge in [0.1, 0.15) is 0 Å². The van der Waals surface area contributed by atoms with Crippen LogP contribution < -0.4 is 5.32 Å². The number of amides is 1. The zero-order valence-corrected chi connectivity index (χ0v) is 11.0. The Morgan fingerprint density at radius 1 is 1.53 bits per heavy atom. The Kier molecular flexibility index (Phi) is 5.11. The quantitative estimate of drug-likeness (QED) is 0.752. The summed E-state index contributed by atoms with van der Waals surface area (Å²) in [7, 11) is 0. The van der Waals surface area contributed by atoms with Gasteiger partial charge in [-0.2, -0.15) is 5.10 Å². The van der Waals surface area contributed by atoms with Gasteiger partial charge in [0.25, 0.3) is 0 Å². The fourth-order valence-corrected chi connectivity index (χ4v) is 1.97. The molecule has 1 N–H and O–H groups in total. The van der Waals surface area contributed by atoms with E-state index in [0.717, 1.165) is 5.56 Å². The van der Waals surface area contributed by atoms with Crippen LogP contribution in [0.3, 0.4) is 0 Å². The summed E-state index contributed by atoms with van der Waals surface area (Å²) in [4.78, 5) is 13.7. The molecular formula is C13H20N4O2. The highest BCUT2D eigenvalue weighted by Gasteiger charge is 2.15. The number of rotatable bonds is 6. The van der Waals surface area contributed by atoms with Crippen LogP contribution in [0.5, 0.6) is 0 Å². The van der Waals surface area contributed by atoms with Gasteiger partial charge in [-0.05, 0) is 0 Å². The van der Waals surface area contributed by atoms with Gasteiger partial charge < -0.3 is 15.0 Å².